The van der Waals surface area contributed by atoms with Crippen molar-refractivity contribution in [1.29, 1.82) is 0 Å². The van der Waals surface area contributed by atoms with Crippen LogP contribution in [-0.4, -0.2) is 64.7 Å². The molecule has 0 heterocycles. The van der Waals surface area contributed by atoms with E-state index in [-0.39, 0.29) is 23.2 Å². The number of sulfonamides is 1. The fourth-order valence-corrected chi connectivity index (χ4v) is 4.70. The van der Waals surface area contributed by atoms with Crippen LogP contribution in [0.1, 0.15) is 25.8 Å². The van der Waals surface area contributed by atoms with Crippen molar-refractivity contribution in [3.8, 4) is 11.5 Å². The van der Waals surface area contributed by atoms with Gasteiger partial charge in [-0.2, -0.15) is 0 Å². The van der Waals surface area contributed by atoms with E-state index in [1.807, 2.05) is 6.07 Å². The second kappa shape index (κ2) is 12.6. The number of carbonyl (C=O) groups excluding carboxylic acids is 2. The maximum atomic E-state index is 13.6. The van der Waals surface area contributed by atoms with Gasteiger partial charge in [-0.05, 0) is 49.2 Å². The fraction of sp³-hybridized carbons (Fsp3) is 0.417. The summed E-state index contributed by atoms with van der Waals surface area (Å²) in [7, 11) is -0.880. The summed E-state index contributed by atoms with van der Waals surface area (Å²) in [5.74, 6) is 0.122. The topological polar surface area (TPSA) is 105 Å². The molecule has 9 nitrogen and oxygen atoms in total. The average Bonchev–Trinajstić information content (AvgIpc) is 2.81. The molecular weight excluding hydrogens is 494 g/mol. The molecule has 192 valence electrons. The molecule has 0 aliphatic heterocycles. The molecule has 0 radical (unpaired) electrons. The average molecular weight is 526 g/mol. The Balaban J connectivity index is 2.47. The van der Waals surface area contributed by atoms with Crippen LogP contribution in [0.4, 0.5) is 5.69 Å². The van der Waals surface area contributed by atoms with Gasteiger partial charge in [-0.1, -0.05) is 30.7 Å². The van der Waals surface area contributed by atoms with E-state index >= 15 is 0 Å². The highest BCUT2D eigenvalue weighted by atomic mass is 35.5. The molecule has 11 heteroatoms. The minimum absolute atomic E-state index is 0.0899. The van der Waals surface area contributed by atoms with Crippen LogP contribution in [0.5, 0.6) is 11.5 Å². The number of carbonyl (C=O) groups is 2. The summed E-state index contributed by atoms with van der Waals surface area (Å²) in [6.07, 6.45) is 1.35. The summed E-state index contributed by atoms with van der Waals surface area (Å²) in [4.78, 5) is 27.8. The third kappa shape index (κ3) is 7.50. The fourth-order valence-electron chi connectivity index (χ4n) is 3.60. The molecule has 0 bridgehead atoms. The predicted molar refractivity (Wildman–Crippen MR) is 137 cm³/mol. The van der Waals surface area contributed by atoms with Crippen molar-refractivity contribution in [2.75, 3.05) is 37.9 Å². The van der Waals surface area contributed by atoms with E-state index in [0.717, 1.165) is 16.1 Å². The van der Waals surface area contributed by atoms with Crippen LogP contribution in [0.15, 0.2) is 42.5 Å². The summed E-state index contributed by atoms with van der Waals surface area (Å²) in [6.45, 7) is 3.56. The Morgan fingerprint density at radius 3 is 2.34 bits per heavy atom. The molecule has 0 aliphatic carbocycles. The van der Waals surface area contributed by atoms with Crippen LogP contribution in [0.3, 0.4) is 0 Å². The maximum Gasteiger partial charge on any atom is 0.244 e. The van der Waals surface area contributed by atoms with Gasteiger partial charge >= 0.3 is 0 Å². The van der Waals surface area contributed by atoms with E-state index < -0.39 is 28.5 Å². The molecule has 0 aromatic heterocycles. The number of ether oxygens (including phenoxy) is 2. The van der Waals surface area contributed by atoms with E-state index in [1.165, 1.54) is 37.3 Å². The molecule has 2 amide bonds. The number of amides is 2. The molecule has 0 aliphatic rings. The van der Waals surface area contributed by atoms with Gasteiger partial charge in [-0.15, -0.1) is 0 Å². The van der Waals surface area contributed by atoms with Crippen LogP contribution in [0.2, 0.25) is 5.02 Å². The molecular formula is C24H32ClN3O6S. The van der Waals surface area contributed by atoms with E-state index in [9.17, 15) is 18.0 Å². The Bertz CT molecular complexity index is 1140. The van der Waals surface area contributed by atoms with E-state index in [1.54, 1.807) is 32.0 Å². The first-order chi connectivity index (χ1) is 16.5. The van der Waals surface area contributed by atoms with Gasteiger partial charge in [-0.3, -0.25) is 13.9 Å². The molecule has 0 saturated heterocycles. The Morgan fingerprint density at radius 1 is 1.09 bits per heavy atom. The second-order valence-corrected chi connectivity index (χ2v) is 10.1. The summed E-state index contributed by atoms with van der Waals surface area (Å²) in [6, 6.07) is 10.8. The third-order valence-corrected chi connectivity index (χ3v) is 6.76. The van der Waals surface area contributed by atoms with Crippen molar-refractivity contribution in [3.63, 3.8) is 0 Å². The Hall–Kier alpha value is -2.98. The molecule has 2 aromatic carbocycles. The summed E-state index contributed by atoms with van der Waals surface area (Å²) in [5, 5.41) is 2.96. The lowest BCUT2D eigenvalue weighted by atomic mass is 10.1. The minimum Gasteiger partial charge on any atom is -0.497 e. The predicted octanol–water partition coefficient (Wildman–Crippen LogP) is 3.07. The number of benzene rings is 2. The molecule has 0 spiro atoms. The van der Waals surface area contributed by atoms with E-state index in [0.29, 0.717) is 24.5 Å². The van der Waals surface area contributed by atoms with Gasteiger partial charge in [0.15, 0.2) is 0 Å². The number of nitrogens with one attached hydrogen (secondary N) is 1. The number of likely N-dealkylation sites (N-methyl/N-ethyl adjacent to an activating group) is 1. The van der Waals surface area contributed by atoms with Crippen molar-refractivity contribution in [2.24, 2.45) is 0 Å². The van der Waals surface area contributed by atoms with Crippen molar-refractivity contribution in [2.45, 2.75) is 32.9 Å². The van der Waals surface area contributed by atoms with Crippen molar-refractivity contribution in [1.82, 2.24) is 10.2 Å². The highest BCUT2D eigenvalue weighted by Gasteiger charge is 2.31. The van der Waals surface area contributed by atoms with E-state index in [2.05, 4.69) is 5.32 Å². The molecule has 0 saturated carbocycles. The number of rotatable bonds is 12. The Kier molecular flexibility index (Phi) is 10.2. The first-order valence-corrected chi connectivity index (χ1v) is 13.3. The zero-order valence-corrected chi connectivity index (χ0v) is 22.1. The zero-order valence-electron chi connectivity index (χ0n) is 20.6. The first kappa shape index (κ1) is 28.3. The SMILES string of the molecule is CCNC(=O)[C@@H](CC)N(Cc1cccc(OC)c1)C(=O)CN(c1ccc(OC)c(Cl)c1)S(C)(=O)=O. The Morgan fingerprint density at radius 2 is 1.80 bits per heavy atom. The minimum atomic E-state index is -3.86. The standard InChI is InChI=1S/C24H32ClN3O6S/c1-6-21(24(30)26-7-2)27(15-17-9-8-10-19(13-17)33-3)23(29)16-28(35(5,31)32)18-11-12-22(34-4)20(25)14-18/h8-14,21H,6-7,15-16H2,1-5H3,(H,26,30)/t21-/m1/s1. The van der Waals surface area contributed by atoms with Gasteiger partial charge in [0, 0.05) is 13.1 Å². The quantitative estimate of drug-likeness (QED) is 0.456. The molecule has 1 N–H and O–H groups in total. The van der Waals surface area contributed by atoms with Gasteiger partial charge in [0.1, 0.15) is 24.1 Å². The first-order valence-electron chi connectivity index (χ1n) is 11.1. The summed E-state index contributed by atoms with van der Waals surface area (Å²) in [5.41, 5.74) is 0.942. The zero-order chi connectivity index (χ0) is 26.2. The summed E-state index contributed by atoms with van der Waals surface area (Å²) < 4.78 is 36.7. The second-order valence-electron chi connectivity index (χ2n) is 7.78. The van der Waals surface area contributed by atoms with Crippen LogP contribution >= 0.6 is 11.6 Å². The highest BCUT2D eigenvalue weighted by Crippen LogP contribution is 2.30. The molecule has 2 aromatic rings. The maximum absolute atomic E-state index is 13.6. The summed E-state index contributed by atoms with van der Waals surface area (Å²) >= 11 is 6.20. The van der Waals surface area contributed by atoms with Gasteiger partial charge in [-0.25, -0.2) is 8.42 Å². The van der Waals surface area contributed by atoms with Crippen molar-refractivity contribution in [3.05, 3.63) is 53.1 Å². The number of methoxy groups -OCH3 is 2. The van der Waals surface area contributed by atoms with Crippen LogP contribution in [0.25, 0.3) is 0 Å². The van der Waals surface area contributed by atoms with Crippen LogP contribution < -0.4 is 19.1 Å². The normalized spacial score (nSPS) is 11.9. The van der Waals surface area contributed by atoms with Crippen LogP contribution in [-0.2, 0) is 26.2 Å². The van der Waals surface area contributed by atoms with Gasteiger partial charge < -0.3 is 19.7 Å². The van der Waals surface area contributed by atoms with Crippen molar-refractivity contribution >= 4 is 39.1 Å². The molecule has 0 fully saturated rings. The number of halogens is 1. The molecule has 1 atom stereocenters. The van der Waals surface area contributed by atoms with Gasteiger partial charge in [0.25, 0.3) is 0 Å². The lowest BCUT2D eigenvalue weighted by molar-refractivity contribution is -0.140. The number of nitrogens with zero attached hydrogens (tertiary/aromatic N) is 2. The molecule has 35 heavy (non-hydrogen) atoms. The number of hydrogen-bond acceptors (Lipinski definition) is 6. The lowest BCUT2D eigenvalue weighted by Gasteiger charge is -2.33. The monoisotopic (exact) mass is 525 g/mol. The van der Waals surface area contributed by atoms with Gasteiger partial charge in [0.05, 0.1) is 31.2 Å². The highest BCUT2D eigenvalue weighted by molar-refractivity contribution is 7.92. The van der Waals surface area contributed by atoms with Gasteiger partial charge in [0.2, 0.25) is 21.8 Å². The third-order valence-electron chi connectivity index (χ3n) is 5.33. The Labute approximate surface area is 212 Å². The van der Waals surface area contributed by atoms with Crippen molar-refractivity contribution < 1.29 is 27.5 Å². The largest absolute Gasteiger partial charge is 0.497 e. The number of anilines is 1. The van der Waals surface area contributed by atoms with Crippen LogP contribution in [0, 0.1) is 0 Å². The molecule has 2 rings (SSSR count). The number of hydrogen-bond donors (Lipinski definition) is 1. The molecule has 0 unspecified atom stereocenters. The lowest BCUT2D eigenvalue weighted by Crippen LogP contribution is -2.52. The van der Waals surface area contributed by atoms with E-state index in [4.69, 9.17) is 21.1 Å². The smallest absolute Gasteiger partial charge is 0.244 e.